The van der Waals surface area contributed by atoms with E-state index in [1.165, 1.54) is 0 Å². The Morgan fingerprint density at radius 3 is 3.12 bits per heavy atom. The number of benzene rings is 1. The van der Waals surface area contributed by atoms with Crippen molar-refractivity contribution < 1.29 is 4.79 Å². The maximum atomic E-state index is 12.5. The van der Waals surface area contributed by atoms with Crippen LogP contribution in [-0.2, 0) is 30.6 Å². The third-order valence-corrected chi connectivity index (χ3v) is 4.73. The first kappa shape index (κ1) is 14.9. The molecule has 1 atom stereocenters. The van der Waals surface area contributed by atoms with Crippen molar-refractivity contribution in [1.29, 1.82) is 0 Å². The Kier molecular flexibility index (Phi) is 3.80. The maximum absolute atomic E-state index is 12.5. The molecule has 3 aromatic rings. The van der Waals surface area contributed by atoms with Gasteiger partial charge in [0.05, 0.1) is 6.42 Å². The number of para-hydroxylation sites is 1. The Labute approximate surface area is 140 Å². The summed E-state index contributed by atoms with van der Waals surface area (Å²) in [6.45, 7) is 2.85. The number of amides is 1. The van der Waals surface area contributed by atoms with Crippen molar-refractivity contribution in [1.82, 2.24) is 25.1 Å². The summed E-state index contributed by atoms with van der Waals surface area (Å²) in [6, 6.07) is 8.21. The highest BCUT2D eigenvalue weighted by Crippen LogP contribution is 2.19. The molecule has 6 heteroatoms. The van der Waals surface area contributed by atoms with Gasteiger partial charge >= 0.3 is 0 Å². The third kappa shape index (κ3) is 2.68. The van der Waals surface area contributed by atoms with Gasteiger partial charge in [0.1, 0.15) is 11.6 Å². The molecule has 0 fully saturated rings. The zero-order chi connectivity index (χ0) is 16.5. The molecular weight excluding hydrogens is 302 g/mol. The molecular formula is C18H21N5O. The Bertz CT molecular complexity index is 865. The fourth-order valence-corrected chi connectivity index (χ4v) is 3.49. The summed E-state index contributed by atoms with van der Waals surface area (Å²) in [7, 11) is 0. The lowest BCUT2D eigenvalue weighted by molar-refractivity contribution is -0.121. The number of aromatic nitrogens is 4. The highest BCUT2D eigenvalue weighted by atomic mass is 16.1. The normalized spacial score (nSPS) is 17.0. The van der Waals surface area contributed by atoms with Gasteiger partial charge in [0.25, 0.3) is 0 Å². The van der Waals surface area contributed by atoms with Crippen LogP contribution in [0.3, 0.4) is 0 Å². The second-order valence-corrected chi connectivity index (χ2v) is 6.34. The van der Waals surface area contributed by atoms with Crippen LogP contribution >= 0.6 is 0 Å². The Balaban J connectivity index is 1.43. The molecule has 2 N–H and O–H groups in total. The molecule has 1 aliphatic rings. The number of carbonyl (C=O) groups is 1. The summed E-state index contributed by atoms with van der Waals surface area (Å²) in [6.07, 6.45) is 4.98. The van der Waals surface area contributed by atoms with Crippen LogP contribution in [0.1, 0.15) is 30.6 Å². The number of hydrogen-bond donors (Lipinski definition) is 2. The van der Waals surface area contributed by atoms with Gasteiger partial charge < -0.3 is 14.9 Å². The van der Waals surface area contributed by atoms with Crippen molar-refractivity contribution in [3.63, 3.8) is 0 Å². The largest absolute Gasteiger partial charge is 0.361 e. The van der Waals surface area contributed by atoms with Crippen molar-refractivity contribution in [3.05, 3.63) is 47.7 Å². The zero-order valence-electron chi connectivity index (χ0n) is 13.7. The van der Waals surface area contributed by atoms with Crippen LogP contribution in [0, 0.1) is 0 Å². The van der Waals surface area contributed by atoms with E-state index in [2.05, 4.69) is 32.0 Å². The van der Waals surface area contributed by atoms with Crippen molar-refractivity contribution >= 4 is 16.8 Å². The molecule has 1 unspecified atom stereocenters. The number of H-pyrrole nitrogens is 1. The molecule has 0 spiro atoms. The van der Waals surface area contributed by atoms with Crippen molar-refractivity contribution in [2.24, 2.45) is 0 Å². The lowest BCUT2D eigenvalue weighted by Gasteiger charge is -2.25. The number of carbonyl (C=O) groups excluding carboxylic acids is 1. The molecule has 3 heterocycles. The molecule has 0 radical (unpaired) electrons. The van der Waals surface area contributed by atoms with E-state index in [1.807, 2.05) is 30.5 Å². The second-order valence-electron chi connectivity index (χ2n) is 6.34. The average molecular weight is 323 g/mol. The van der Waals surface area contributed by atoms with E-state index in [4.69, 9.17) is 0 Å². The highest BCUT2D eigenvalue weighted by Gasteiger charge is 2.23. The minimum atomic E-state index is 0.0688. The van der Waals surface area contributed by atoms with E-state index in [1.54, 1.807) is 0 Å². The summed E-state index contributed by atoms with van der Waals surface area (Å²) in [5, 5.41) is 12.7. The predicted molar refractivity (Wildman–Crippen MR) is 91.7 cm³/mol. The van der Waals surface area contributed by atoms with Gasteiger partial charge in [0, 0.05) is 42.5 Å². The Hall–Kier alpha value is -2.63. The number of aryl methyl sites for hydroxylation is 2. The van der Waals surface area contributed by atoms with Gasteiger partial charge in [-0.2, -0.15) is 0 Å². The van der Waals surface area contributed by atoms with Crippen molar-refractivity contribution in [3.8, 4) is 0 Å². The van der Waals surface area contributed by atoms with Gasteiger partial charge in [-0.3, -0.25) is 4.79 Å². The van der Waals surface area contributed by atoms with Gasteiger partial charge in [0.15, 0.2) is 0 Å². The first-order valence-corrected chi connectivity index (χ1v) is 8.50. The lowest BCUT2D eigenvalue weighted by Crippen LogP contribution is -2.42. The SMILES string of the molecule is CCc1nnc2n1CC(NC(=O)Cc1c[nH]c3ccccc13)CC2. The summed E-state index contributed by atoms with van der Waals surface area (Å²) < 4.78 is 2.15. The number of nitrogens with zero attached hydrogens (tertiary/aromatic N) is 3. The van der Waals surface area contributed by atoms with Crippen LogP contribution in [0.15, 0.2) is 30.5 Å². The van der Waals surface area contributed by atoms with Gasteiger partial charge in [-0.25, -0.2) is 0 Å². The van der Waals surface area contributed by atoms with Crippen LogP contribution in [0.25, 0.3) is 10.9 Å². The molecule has 1 amide bonds. The van der Waals surface area contributed by atoms with E-state index >= 15 is 0 Å². The minimum absolute atomic E-state index is 0.0688. The van der Waals surface area contributed by atoms with Gasteiger partial charge in [-0.1, -0.05) is 25.1 Å². The molecule has 4 rings (SSSR count). The molecule has 6 nitrogen and oxygen atoms in total. The molecule has 0 saturated carbocycles. The molecule has 0 aliphatic carbocycles. The van der Waals surface area contributed by atoms with Crippen LogP contribution in [0.4, 0.5) is 0 Å². The number of rotatable bonds is 4. The van der Waals surface area contributed by atoms with Gasteiger partial charge in [0.2, 0.25) is 5.91 Å². The third-order valence-electron chi connectivity index (χ3n) is 4.73. The molecule has 0 bridgehead atoms. The standard InChI is InChI=1S/C18H21N5O/c1-2-16-21-22-17-8-7-13(11-23(16)17)20-18(24)9-12-10-19-15-6-4-3-5-14(12)15/h3-6,10,13,19H,2,7-9,11H2,1H3,(H,20,24). The van der Waals surface area contributed by atoms with E-state index in [-0.39, 0.29) is 11.9 Å². The summed E-state index contributed by atoms with van der Waals surface area (Å²) in [5.74, 6) is 2.11. The van der Waals surface area contributed by atoms with Gasteiger partial charge in [-0.15, -0.1) is 10.2 Å². The molecule has 1 aliphatic heterocycles. The lowest BCUT2D eigenvalue weighted by atomic mass is 10.1. The fourth-order valence-electron chi connectivity index (χ4n) is 3.49. The van der Waals surface area contributed by atoms with E-state index < -0.39 is 0 Å². The summed E-state index contributed by atoms with van der Waals surface area (Å²) >= 11 is 0. The second kappa shape index (κ2) is 6.11. The first-order valence-electron chi connectivity index (χ1n) is 8.50. The smallest absolute Gasteiger partial charge is 0.224 e. The van der Waals surface area contributed by atoms with Crippen LogP contribution in [-0.4, -0.2) is 31.7 Å². The number of fused-ring (bicyclic) bond motifs is 2. The Morgan fingerprint density at radius 1 is 1.38 bits per heavy atom. The topological polar surface area (TPSA) is 75.6 Å². The molecule has 1 aromatic carbocycles. The van der Waals surface area contributed by atoms with Crippen LogP contribution in [0.2, 0.25) is 0 Å². The minimum Gasteiger partial charge on any atom is -0.361 e. The fraction of sp³-hybridized carbons (Fsp3) is 0.389. The molecule has 24 heavy (non-hydrogen) atoms. The number of hydrogen-bond acceptors (Lipinski definition) is 3. The zero-order valence-corrected chi connectivity index (χ0v) is 13.7. The van der Waals surface area contributed by atoms with Crippen molar-refractivity contribution in [2.75, 3.05) is 0 Å². The highest BCUT2D eigenvalue weighted by molar-refractivity contribution is 5.88. The summed E-state index contributed by atoms with van der Waals surface area (Å²) in [4.78, 5) is 15.7. The molecule has 124 valence electrons. The number of nitrogens with one attached hydrogen (secondary N) is 2. The first-order chi connectivity index (χ1) is 11.7. The summed E-state index contributed by atoms with van der Waals surface area (Å²) in [5.41, 5.74) is 2.11. The molecule has 0 saturated heterocycles. The Morgan fingerprint density at radius 2 is 2.25 bits per heavy atom. The monoisotopic (exact) mass is 323 g/mol. The van der Waals surface area contributed by atoms with E-state index in [0.717, 1.165) is 53.9 Å². The molecule has 2 aromatic heterocycles. The van der Waals surface area contributed by atoms with Gasteiger partial charge in [-0.05, 0) is 18.1 Å². The quantitative estimate of drug-likeness (QED) is 0.771. The van der Waals surface area contributed by atoms with E-state index in [0.29, 0.717) is 6.42 Å². The number of aromatic amines is 1. The van der Waals surface area contributed by atoms with E-state index in [9.17, 15) is 4.79 Å². The predicted octanol–water partition coefficient (Wildman–Crippen LogP) is 2.00. The average Bonchev–Trinajstić information content (AvgIpc) is 3.19. The maximum Gasteiger partial charge on any atom is 0.224 e. The van der Waals surface area contributed by atoms with Crippen molar-refractivity contribution in [2.45, 2.75) is 45.2 Å². The van der Waals surface area contributed by atoms with Crippen LogP contribution < -0.4 is 5.32 Å². The van der Waals surface area contributed by atoms with Crippen LogP contribution in [0.5, 0.6) is 0 Å².